The molecule has 0 heterocycles. The maximum Gasteiger partial charge on any atom is 0.406 e. The van der Waals surface area contributed by atoms with Crippen molar-refractivity contribution in [3.8, 4) is 0 Å². The first kappa shape index (κ1) is 10.2. The minimum Gasteiger partial charge on any atom is -0.453 e. The fourth-order valence-corrected chi connectivity index (χ4v) is 0.754. The summed E-state index contributed by atoms with van der Waals surface area (Å²) in [6.07, 6.45) is -0.673. The molecule has 0 saturated carbocycles. The number of nitrogens with one attached hydrogen (secondary N) is 1. The number of carbonyl (C=O) groups is 1. The second-order valence-electron chi connectivity index (χ2n) is 1.79. The Bertz CT molecular complexity index is 222. The van der Waals surface area contributed by atoms with E-state index in [1.807, 2.05) is 0 Å². The van der Waals surface area contributed by atoms with Crippen LogP contribution in [0.15, 0.2) is 0 Å². The van der Waals surface area contributed by atoms with Gasteiger partial charge in [0, 0.05) is 6.54 Å². The summed E-state index contributed by atoms with van der Waals surface area (Å²) in [7, 11) is -2.31. The second-order valence-corrected chi connectivity index (χ2v) is 3.52. The van der Waals surface area contributed by atoms with Crippen LogP contribution in [-0.4, -0.2) is 33.9 Å². The average Bonchev–Trinajstić information content (AvgIpc) is 1.85. The maximum atomic E-state index is 10.3. The van der Waals surface area contributed by atoms with Gasteiger partial charge in [-0.1, -0.05) is 0 Å². The molecule has 0 atom stereocenters. The van der Waals surface area contributed by atoms with Crippen molar-refractivity contribution >= 4 is 16.1 Å². The van der Waals surface area contributed by atoms with Crippen LogP contribution in [0.3, 0.4) is 0 Å². The van der Waals surface area contributed by atoms with E-state index in [4.69, 9.17) is 0 Å². The smallest absolute Gasteiger partial charge is 0.406 e. The highest BCUT2D eigenvalue weighted by Gasteiger charge is 2.03. The molecule has 0 aromatic carbocycles. The first-order valence-corrected chi connectivity index (χ1v) is 4.49. The van der Waals surface area contributed by atoms with Crippen molar-refractivity contribution in [1.82, 2.24) is 5.32 Å². The predicted octanol–water partition coefficient (Wildman–Crippen LogP) is -1.37. The van der Waals surface area contributed by atoms with Gasteiger partial charge in [-0.15, -0.1) is 0 Å². The number of methoxy groups -OCH3 is 1. The summed E-state index contributed by atoms with van der Waals surface area (Å²) in [5.41, 5.74) is 0. The summed E-state index contributed by atoms with van der Waals surface area (Å²) in [6, 6.07) is 0. The van der Waals surface area contributed by atoms with E-state index in [-0.39, 0.29) is 12.3 Å². The molecule has 0 aliphatic carbocycles. The van der Waals surface area contributed by atoms with E-state index in [9.17, 15) is 13.2 Å². The molecule has 66 valence electrons. The molecule has 0 radical (unpaired) electrons. The Hall–Kier alpha value is -0.820. The first-order chi connectivity index (χ1) is 4.95. The Balaban J connectivity index is 3.51. The number of rotatable bonds is 3. The van der Waals surface area contributed by atoms with Crippen LogP contribution in [0.4, 0.5) is 4.79 Å². The topological polar surface area (TPSA) is 98.5 Å². The van der Waals surface area contributed by atoms with Crippen molar-refractivity contribution in [2.24, 2.45) is 5.14 Å². The highest BCUT2D eigenvalue weighted by molar-refractivity contribution is 7.89. The summed E-state index contributed by atoms with van der Waals surface area (Å²) in [4.78, 5) is 10.3. The minimum atomic E-state index is -3.50. The SMILES string of the molecule is COC(=O)NCCS(N)(=O)=O. The van der Waals surface area contributed by atoms with Crippen LogP contribution in [0.25, 0.3) is 0 Å². The molecule has 0 aliphatic rings. The molecule has 0 saturated heterocycles. The molecule has 0 aromatic heterocycles. The van der Waals surface area contributed by atoms with Gasteiger partial charge in [0.2, 0.25) is 10.0 Å². The zero-order valence-corrected chi connectivity index (χ0v) is 6.85. The normalized spacial score (nSPS) is 10.7. The van der Waals surface area contributed by atoms with Crippen molar-refractivity contribution < 1.29 is 17.9 Å². The van der Waals surface area contributed by atoms with Gasteiger partial charge in [-0.25, -0.2) is 18.4 Å². The number of hydrogen-bond acceptors (Lipinski definition) is 4. The van der Waals surface area contributed by atoms with E-state index in [1.165, 1.54) is 7.11 Å². The fraction of sp³-hybridized carbons (Fsp3) is 0.750. The summed E-state index contributed by atoms with van der Waals surface area (Å²) >= 11 is 0. The molecule has 0 bridgehead atoms. The van der Waals surface area contributed by atoms with Gasteiger partial charge in [0.1, 0.15) is 0 Å². The zero-order valence-electron chi connectivity index (χ0n) is 6.03. The van der Waals surface area contributed by atoms with Gasteiger partial charge in [-0.3, -0.25) is 0 Å². The lowest BCUT2D eigenvalue weighted by Gasteiger charge is -2.00. The van der Waals surface area contributed by atoms with E-state index in [0.717, 1.165) is 0 Å². The van der Waals surface area contributed by atoms with Crippen molar-refractivity contribution in [1.29, 1.82) is 0 Å². The number of nitrogens with two attached hydrogens (primary N) is 1. The van der Waals surface area contributed by atoms with Crippen LogP contribution in [0.1, 0.15) is 0 Å². The molecular formula is C4H10N2O4S. The third kappa shape index (κ3) is 7.07. The highest BCUT2D eigenvalue weighted by Crippen LogP contribution is 1.75. The molecule has 3 N–H and O–H groups in total. The van der Waals surface area contributed by atoms with Crippen LogP contribution in [0.2, 0.25) is 0 Å². The fourth-order valence-electron chi connectivity index (χ4n) is 0.368. The number of hydrogen-bond donors (Lipinski definition) is 2. The Labute approximate surface area is 64.8 Å². The van der Waals surface area contributed by atoms with Crippen molar-refractivity contribution in [3.63, 3.8) is 0 Å². The van der Waals surface area contributed by atoms with E-state index in [2.05, 4.69) is 15.2 Å². The van der Waals surface area contributed by atoms with Gasteiger partial charge in [0.15, 0.2) is 0 Å². The van der Waals surface area contributed by atoms with E-state index < -0.39 is 16.1 Å². The number of carbonyl (C=O) groups excluding carboxylic acids is 1. The number of ether oxygens (including phenoxy) is 1. The summed E-state index contributed by atoms with van der Waals surface area (Å²) in [5, 5.41) is 6.81. The lowest BCUT2D eigenvalue weighted by Crippen LogP contribution is -2.31. The van der Waals surface area contributed by atoms with Crippen molar-refractivity contribution in [2.45, 2.75) is 0 Å². The monoisotopic (exact) mass is 182 g/mol. The predicted molar refractivity (Wildman–Crippen MR) is 38.4 cm³/mol. The third-order valence-corrected chi connectivity index (χ3v) is 1.61. The molecule has 0 aromatic rings. The largest absolute Gasteiger partial charge is 0.453 e. The number of sulfonamides is 1. The van der Waals surface area contributed by atoms with Crippen molar-refractivity contribution in [2.75, 3.05) is 19.4 Å². The van der Waals surface area contributed by atoms with E-state index >= 15 is 0 Å². The molecule has 0 aliphatic heterocycles. The van der Waals surface area contributed by atoms with E-state index in [1.54, 1.807) is 0 Å². The number of primary sulfonamides is 1. The Morgan fingerprint density at radius 2 is 2.18 bits per heavy atom. The molecular weight excluding hydrogens is 172 g/mol. The van der Waals surface area contributed by atoms with E-state index in [0.29, 0.717) is 0 Å². The first-order valence-electron chi connectivity index (χ1n) is 2.78. The van der Waals surface area contributed by atoms with Gasteiger partial charge in [-0.05, 0) is 0 Å². The standard InChI is InChI=1S/C4H10N2O4S/c1-10-4(7)6-2-3-11(5,8)9/h2-3H2,1H3,(H,6,7)(H2,5,8,9). The quantitative estimate of drug-likeness (QED) is 0.562. The third-order valence-electron chi connectivity index (χ3n) is 0.841. The molecule has 0 spiro atoms. The lowest BCUT2D eigenvalue weighted by atomic mass is 10.7. The lowest BCUT2D eigenvalue weighted by molar-refractivity contribution is 0.172. The summed E-state index contributed by atoms with van der Waals surface area (Å²) in [5.74, 6) is -0.290. The van der Waals surface area contributed by atoms with Gasteiger partial charge >= 0.3 is 6.09 Å². The maximum absolute atomic E-state index is 10.3. The van der Waals surface area contributed by atoms with Crippen LogP contribution >= 0.6 is 0 Å². The highest BCUT2D eigenvalue weighted by atomic mass is 32.2. The van der Waals surface area contributed by atoms with Gasteiger partial charge < -0.3 is 10.1 Å². The molecule has 7 heteroatoms. The van der Waals surface area contributed by atoms with Crippen LogP contribution in [0, 0.1) is 0 Å². The minimum absolute atomic E-state index is 0.0362. The Morgan fingerprint density at radius 3 is 2.55 bits per heavy atom. The van der Waals surface area contributed by atoms with Crippen molar-refractivity contribution in [3.05, 3.63) is 0 Å². The molecule has 0 fully saturated rings. The zero-order chi connectivity index (χ0) is 8.91. The molecule has 1 amide bonds. The summed E-state index contributed by atoms with van der Waals surface area (Å²) < 4.78 is 24.8. The number of amides is 1. The van der Waals surface area contributed by atoms with Gasteiger partial charge in [0.25, 0.3) is 0 Å². The second kappa shape index (κ2) is 4.14. The Morgan fingerprint density at radius 1 is 1.64 bits per heavy atom. The van der Waals surface area contributed by atoms with Crippen LogP contribution in [-0.2, 0) is 14.8 Å². The Kier molecular flexibility index (Phi) is 3.83. The molecule has 0 unspecified atom stereocenters. The molecule has 0 rings (SSSR count). The van der Waals surface area contributed by atoms with Crippen LogP contribution < -0.4 is 10.5 Å². The molecule has 6 nitrogen and oxygen atoms in total. The number of alkyl carbamates (subject to hydrolysis) is 1. The van der Waals surface area contributed by atoms with Gasteiger partial charge in [-0.2, -0.15) is 0 Å². The van der Waals surface area contributed by atoms with Gasteiger partial charge in [0.05, 0.1) is 12.9 Å². The average molecular weight is 182 g/mol. The van der Waals surface area contributed by atoms with Crippen LogP contribution in [0.5, 0.6) is 0 Å². The summed E-state index contributed by atoms with van der Waals surface area (Å²) in [6.45, 7) is -0.0362. The molecule has 11 heavy (non-hydrogen) atoms.